The molecule has 0 heterocycles. The van der Waals surface area contributed by atoms with Crippen LogP contribution in [0.3, 0.4) is 0 Å². The topological polar surface area (TPSA) is 95.9 Å². The predicted molar refractivity (Wildman–Crippen MR) is 352 cm³/mol. The van der Waals surface area contributed by atoms with Crippen LogP contribution in [0.1, 0.15) is 412 Å². The van der Waals surface area contributed by atoms with Crippen LogP contribution in [-0.4, -0.2) is 47.4 Å². The Morgan fingerprint density at radius 2 is 0.625 bits per heavy atom. The quantitative estimate of drug-likeness (QED) is 0.0320. The number of aliphatic hydroxyl groups excluding tert-OH is 2. The van der Waals surface area contributed by atoms with Crippen LogP contribution in [-0.2, 0) is 14.3 Å². The maximum Gasteiger partial charge on any atom is 0.305 e. The molecular weight excluding hydrogens is 983 g/mol. The Labute approximate surface area is 501 Å². The third-order valence-electron chi connectivity index (χ3n) is 17.3. The maximum atomic E-state index is 12.5. The molecule has 0 spiro atoms. The fourth-order valence-corrected chi connectivity index (χ4v) is 11.7. The number of allylic oxidation sites excluding steroid dienone is 4. The van der Waals surface area contributed by atoms with Crippen LogP contribution < -0.4 is 5.32 Å². The third-order valence-corrected chi connectivity index (χ3v) is 17.3. The molecule has 0 saturated heterocycles. The van der Waals surface area contributed by atoms with Crippen molar-refractivity contribution in [1.29, 1.82) is 0 Å². The third kappa shape index (κ3) is 65.5. The number of nitrogens with one attached hydrogen (secondary N) is 1. The highest BCUT2D eigenvalue weighted by molar-refractivity contribution is 5.76. The molecule has 0 aromatic heterocycles. The van der Waals surface area contributed by atoms with Gasteiger partial charge in [0.25, 0.3) is 0 Å². The largest absolute Gasteiger partial charge is 0.466 e. The van der Waals surface area contributed by atoms with E-state index in [1.807, 2.05) is 0 Å². The van der Waals surface area contributed by atoms with E-state index in [1.54, 1.807) is 0 Å². The van der Waals surface area contributed by atoms with E-state index < -0.39 is 12.1 Å². The Kier molecular flexibility index (Phi) is 68.4. The van der Waals surface area contributed by atoms with Crippen molar-refractivity contribution in [2.75, 3.05) is 13.2 Å². The van der Waals surface area contributed by atoms with Crippen molar-refractivity contribution in [3.8, 4) is 0 Å². The summed E-state index contributed by atoms with van der Waals surface area (Å²) in [5.41, 5.74) is 0. The van der Waals surface area contributed by atoms with Gasteiger partial charge in [-0.15, -0.1) is 0 Å². The van der Waals surface area contributed by atoms with Crippen LogP contribution in [0, 0.1) is 0 Å². The number of hydrogen-bond acceptors (Lipinski definition) is 5. The molecule has 0 aromatic rings. The standard InChI is InChI=1S/C74H143NO5/c1-3-5-7-9-11-13-15-17-38-42-46-50-54-58-62-66-72(77)71(70-76)75-73(78)67-63-59-55-51-47-43-40-36-34-32-30-28-26-24-22-20-19-21-23-25-27-29-31-33-35-37-41-45-49-53-57-61-65-69-80-74(79)68-64-60-56-52-48-44-39-18-16-14-12-10-8-6-4-2/h12,14,18,39,71-72,76-77H,3-11,13,15-17,19-38,40-70H2,1-2H3,(H,75,78)/b14-12-,39-18-. The number of rotatable bonds is 69. The molecule has 80 heavy (non-hydrogen) atoms. The summed E-state index contributed by atoms with van der Waals surface area (Å²) >= 11 is 0. The monoisotopic (exact) mass is 1130 g/mol. The normalized spacial score (nSPS) is 12.6. The minimum Gasteiger partial charge on any atom is -0.466 e. The highest BCUT2D eigenvalue weighted by atomic mass is 16.5. The van der Waals surface area contributed by atoms with Crippen LogP contribution in [0.5, 0.6) is 0 Å². The minimum absolute atomic E-state index is 0.00827. The number of carbonyl (C=O) groups excluding carboxylic acids is 2. The van der Waals surface area contributed by atoms with Gasteiger partial charge < -0.3 is 20.3 Å². The van der Waals surface area contributed by atoms with E-state index in [1.165, 1.54) is 327 Å². The molecule has 0 aliphatic heterocycles. The van der Waals surface area contributed by atoms with Gasteiger partial charge in [0.1, 0.15) is 0 Å². The van der Waals surface area contributed by atoms with Gasteiger partial charge in [-0.3, -0.25) is 9.59 Å². The summed E-state index contributed by atoms with van der Waals surface area (Å²) in [5, 5.41) is 23.3. The lowest BCUT2D eigenvalue weighted by molar-refractivity contribution is -0.143. The number of esters is 1. The van der Waals surface area contributed by atoms with Gasteiger partial charge in [-0.05, 0) is 57.8 Å². The molecule has 6 nitrogen and oxygen atoms in total. The van der Waals surface area contributed by atoms with E-state index in [2.05, 4.69) is 43.5 Å². The first-order chi connectivity index (χ1) is 39.5. The van der Waals surface area contributed by atoms with Crippen molar-refractivity contribution in [1.82, 2.24) is 5.32 Å². The molecule has 2 unspecified atom stereocenters. The van der Waals surface area contributed by atoms with Crippen molar-refractivity contribution < 1.29 is 24.5 Å². The number of amides is 1. The van der Waals surface area contributed by atoms with E-state index in [0.717, 1.165) is 51.4 Å². The second-order valence-corrected chi connectivity index (χ2v) is 25.3. The average molecular weight is 1130 g/mol. The first-order valence-electron chi connectivity index (χ1n) is 36.6. The van der Waals surface area contributed by atoms with Crippen LogP contribution >= 0.6 is 0 Å². The van der Waals surface area contributed by atoms with Crippen LogP contribution in [0.15, 0.2) is 24.3 Å². The van der Waals surface area contributed by atoms with E-state index in [4.69, 9.17) is 4.74 Å². The summed E-state index contributed by atoms with van der Waals surface area (Å²) in [7, 11) is 0. The summed E-state index contributed by atoms with van der Waals surface area (Å²) in [6.45, 7) is 4.96. The summed E-state index contributed by atoms with van der Waals surface area (Å²) in [4.78, 5) is 24.6. The fraction of sp³-hybridized carbons (Fsp3) is 0.919. The van der Waals surface area contributed by atoms with E-state index in [-0.39, 0.29) is 18.5 Å². The van der Waals surface area contributed by atoms with Crippen molar-refractivity contribution in [3.05, 3.63) is 24.3 Å². The second kappa shape index (κ2) is 69.8. The van der Waals surface area contributed by atoms with Crippen molar-refractivity contribution in [3.63, 3.8) is 0 Å². The molecule has 0 aromatic carbocycles. The number of aliphatic hydroxyl groups is 2. The Balaban J connectivity index is 3.31. The van der Waals surface area contributed by atoms with Crippen LogP contribution in [0.4, 0.5) is 0 Å². The number of unbranched alkanes of at least 4 members (excludes halogenated alkanes) is 54. The molecule has 0 saturated carbocycles. The van der Waals surface area contributed by atoms with E-state index >= 15 is 0 Å². The van der Waals surface area contributed by atoms with Crippen LogP contribution in [0.25, 0.3) is 0 Å². The lowest BCUT2D eigenvalue weighted by atomic mass is 10.0. The predicted octanol–water partition coefficient (Wildman–Crippen LogP) is 23.7. The molecule has 0 fully saturated rings. The lowest BCUT2D eigenvalue weighted by Crippen LogP contribution is -2.45. The van der Waals surface area contributed by atoms with Crippen molar-refractivity contribution >= 4 is 11.9 Å². The van der Waals surface area contributed by atoms with Gasteiger partial charge in [-0.25, -0.2) is 0 Å². The highest BCUT2D eigenvalue weighted by Gasteiger charge is 2.20. The van der Waals surface area contributed by atoms with E-state index in [9.17, 15) is 19.8 Å². The molecule has 0 radical (unpaired) electrons. The molecule has 6 heteroatoms. The zero-order valence-electron chi connectivity index (χ0n) is 54.3. The number of ether oxygens (including phenoxy) is 1. The molecular formula is C74H143NO5. The lowest BCUT2D eigenvalue weighted by Gasteiger charge is -2.22. The van der Waals surface area contributed by atoms with Gasteiger partial charge in [-0.1, -0.05) is 366 Å². The molecule has 2 atom stereocenters. The highest BCUT2D eigenvalue weighted by Crippen LogP contribution is 2.19. The van der Waals surface area contributed by atoms with Gasteiger partial charge in [-0.2, -0.15) is 0 Å². The van der Waals surface area contributed by atoms with Gasteiger partial charge in [0, 0.05) is 12.8 Å². The molecule has 3 N–H and O–H groups in total. The Bertz CT molecular complexity index is 1250. The smallest absolute Gasteiger partial charge is 0.305 e. The van der Waals surface area contributed by atoms with E-state index in [0.29, 0.717) is 25.9 Å². The van der Waals surface area contributed by atoms with Gasteiger partial charge >= 0.3 is 5.97 Å². The number of hydrogen-bond donors (Lipinski definition) is 3. The first kappa shape index (κ1) is 78.3. The fourth-order valence-electron chi connectivity index (χ4n) is 11.7. The Morgan fingerprint density at radius 3 is 0.975 bits per heavy atom. The molecule has 0 rings (SSSR count). The summed E-state index contributed by atoms with van der Waals surface area (Å²) < 4.78 is 5.49. The van der Waals surface area contributed by atoms with Gasteiger partial charge in [0.2, 0.25) is 5.91 Å². The van der Waals surface area contributed by atoms with Crippen molar-refractivity contribution in [2.24, 2.45) is 0 Å². The summed E-state index contributed by atoms with van der Waals surface area (Å²) in [6, 6.07) is -0.537. The molecule has 0 aliphatic rings. The van der Waals surface area contributed by atoms with Crippen LogP contribution in [0.2, 0.25) is 0 Å². The zero-order chi connectivity index (χ0) is 57.8. The molecule has 0 bridgehead atoms. The summed E-state index contributed by atoms with van der Waals surface area (Å²) in [6.07, 6.45) is 88.2. The molecule has 0 aliphatic carbocycles. The van der Waals surface area contributed by atoms with Gasteiger partial charge in [0.05, 0.1) is 25.4 Å². The SMILES string of the molecule is CCCCC/C=C\C/C=C\CCCCCCCC(=O)OCCCCCCCCCCCCCCCCCCCCCCCCCCCCCCCCCCCC(=O)NC(CO)C(O)CCCCCCCCCCCCCCCCC. The second-order valence-electron chi connectivity index (χ2n) is 25.3. The Morgan fingerprint density at radius 1 is 0.350 bits per heavy atom. The first-order valence-corrected chi connectivity index (χ1v) is 36.6. The van der Waals surface area contributed by atoms with Crippen molar-refractivity contribution in [2.45, 2.75) is 424 Å². The summed E-state index contributed by atoms with van der Waals surface area (Å²) in [5.74, 6) is -0.0187. The Hall–Kier alpha value is -1.66. The van der Waals surface area contributed by atoms with Gasteiger partial charge in [0.15, 0.2) is 0 Å². The molecule has 474 valence electrons. The average Bonchev–Trinajstić information content (AvgIpc) is 3.46. The minimum atomic E-state index is -0.660. The molecule has 1 amide bonds. The zero-order valence-corrected chi connectivity index (χ0v) is 54.3. The number of carbonyl (C=O) groups is 2. The maximum absolute atomic E-state index is 12.5.